The number of terminal acetylenes is 1. The third-order valence-corrected chi connectivity index (χ3v) is 1.38. The Kier molecular flexibility index (Phi) is 2.39. The number of benzene rings is 1. The van der Waals surface area contributed by atoms with E-state index in [4.69, 9.17) is 6.42 Å². The van der Waals surface area contributed by atoms with E-state index in [1.54, 1.807) is 0 Å². The number of rotatable bonds is 1. The summed E-state index contributed by atoms with van der Waals surface area (Å²) in [6.45, 7) is 0. The van der Waals surface area contributed by atoms with E-state index >= 15 is 0 Å². The van der Waals surface area contributed by atoms with Crippen molar-refractivity contribution >= 4 is 0 Å². The van der Waals surface area contributed by atoms with Crippen LogP contribution in [0.25, 0.3) is 0 Å². The average molecular weight is 170 g/mol. The van der Waals surface area contributed by atoms with Gasteiger partial charge in [-0.2, -0.15) is 0 Å². The molecule has 0 atom stereocenters. The molecule has 0 amide bonds. The standard InChI is InChI=1S/C9H5F3/c1-2-3-7-8(11)4-6(10)5-9(7)12/h1,4-5H,3H2. The lowest BCUT2D eigenvalue weighted by atomic mass is 10.1. The molecule has 0 aliphatic carbocycles. The second kappa shape index (κ2) is 3.31. The van der Waals surface area contributed by atoms with Crippen LogP contribution < -0.4 is 0 Å². The molecular weight excluding hydrogens is 165 g/mol. The lowest BCUT2D eigenvalue weighted by molar-refractivity contribution is 0.529. The normalized spacial score (nSPS) is 9.50. The van der Waals surface area contributed by atoms with Crippen LogP contribution in [0, 0.1) is 29.8 Å². The molecule has 0 N–H and O–H groups in total. The Labute approximate surface area is 68.0 Å². The van der Waals surface area contributed by atoms with Crippen LogP contribution in [0.5, 0.6) is 0 Å². The van der Waals surface area contributed by atoms with Crippen LogP contribution >= 0.6 is 0 Å². The van der Waals surface area contributed by atoms with Gasteiger partial charge in [-0.1, -0.05) is 0 Å². The minimum absolute atomic E-state index is 0.169. The monoisotopic (exact) mass is 170 g/mol. The zero-order chi connectivity index (χ0) is 9.14. The van der Waals surface area contributed by atoms with Gasteiger partial charge in [0, 0.05) is 24.1 Å². The van der Waals surface area contributed by atoms with Crippen LogP contribution in [0.1, 0.15) is 5.56 Å². The van der Waals surface area contributed by atoms with Gasteiger partial charge in [-0.05, 0) is 0 Å². The van der Waals surface area contributed by atoms with Crippen molar-refractivity contribution in [2.75, 3.05) is 0 Å². The Bertz CT molecular complexity index is 313. The van der Waals surface area contributed by atoms with Gasteiger partial charge in [0.15, 0.2) is 0 Å². The molecule has 1 aromatic carbocycles. The van der Waals surface area contributed by atoms with E-state index in [1.807, 2.05) is 0 Å². The molecule has 0 spiro atoms. The van der Waals surface area contributed by atoms with Crippen LogP contribution in [0.2, 0.25) is 0 Å². The molecule has 0 nitrogen and oxygen atoms in total. The molecule has 0 unspecified atom stereocenters. The maximum absolute atomic E-state index is 12.7. The van der Waals surface area contributed by atoms with Gasteiger partial charge < -0.3 is 0 Å². The summed E-state index contributed by atoms with van der Waals surface area (Å²) in [7, 11) is 0. The summed E-state index contributed by atoms with van der Waals surface area (Å²) < 4.78 is 37.8. The fraction of sp³-hybridized carbons (Fsp3) is 0.111. The van der Waals surface area contributed by atoms with Crippen LogP contribution in [0.15, 0.2) is 12.1 Å². The predicted molar refractivity (Wildman–Crippen MR) is 38.9 cm³/mol. The smallest absolute Gasteiger partial charge is 0.133 e. The highest BCUT2D eigenvalue weighted by Gasteiger charge is 2.09. The van der Waals surface area contributed by atoms with E-state index in [0.717, 1.165) is 0 Å². The molecule has 1 aromatic rings. The molecule has 0 saturated heterocycles. The molecule has 0 bridgehead atoms. The zero-order valence-corrected chi connectivity index (χ0v) is 6.07. The second-order valence-corrected chi connectivity index (χ2v) is 2.23. The minimum Gasteiger partial charge on any atom is -0.207 e. The second-order valence-electron chi connectivity index (χ2n) is 2.23. The highest BCUT2D eigenvalue weighted by atomic mass is 19.1. The van der Waals surface area contributed by atoms with Crippen molar-refractivity contribution in [1.29, 1.82) is 0 Å². The average Bonchev–Trinajstić information content (AvgIpc) is 1.96. The summed E-state index contributed by atoms with van der Waals surface area (Å²) in [5.74, 6) is -0.735. The molecule has 0 fully saturated rings. The quantitative estimate of drug-likeness (QED) is 0.567. The molecule has 3 heteroatoms. The lowest BCUT2D eigenvalue weighted by Gasteiger charge is -1.99. The summed E-state index contributed by atoms with van der Waals surface area (Å²) in [6, 6.07) is 1.21. The van der Waals surface area contributed by atoms with Gasteiger partial charge >= 0.3 is 0 Å². The predicted octanol–water partition coefficient (Wildman–Crippen LogP) is 2.28. The number of hydrogen-bond donors (Lipinski definition) is 0. The first-order valence-electron chi connectivity index (χ1n) is 3.22. The van der Waals surface area contributed by atoms with Gasteiger partial charge in [0.05, 0.1) is 0 Å². The number of hydrogen-bond acceptors (Lipinski definition) is 0. The molecule has 0 aliphatic heterocycles. The molecule has 62 valence electrons. The summed E-state index contributed by atoms with van der Waals surface area (Å²) in [6.07, 6.45) is 4.69. The molecule has 0 radical (unpaired) electrons. The van der Waals surface area contributed by atoms with Crippen molar-refractivity contribution in [1.82, 2.24) is 0 Å². The molecule has 0 aliphatic rings. The van der Waals surface area contributed by atoms with E-state index in [0.29, 0.717) is 12.1 Å². The highest BCUT2D eigenvalue weighted by molar-refractivity contribution is 5.24. The van der Waals surface area contributed by atoms with Gasteiger partial charge in [0.2, 0.25) is 0 Å². The molecule has 0 heterocycles. The van der Waals surface area contributed by atoms with E-state index in [1.165, 1.54) is 0 Å². The summed E-state index contributed by atoms with van der Waals surface area (Å²) in [5.41, 5.74) is -0.265. The SMILES string of the molecule is C#CCc1c(F)cc(F)cc1F. The fourth-order valence-corrected chi connectivity index (χ4v) is 0.843. The summed E-state index contributed by atoms with van der Waals surface area (Å²) in [5, 5.41) is 0. The Morgan fingerprint density at radius 3 is 2.08 bits per heavy atom. The molecule has 0 saturated carbocycles. The first-order chi connectivity index (χ1) is 5.65. The van der Waals surface area contributed by atoms with Gasteiger partial charge in [-0.25, -0.2) is 13.2 Å². The van der Waals surface area contributed by atoms with Gasteiger partial charge in [0.1, 0.15) is 17.5 Å². The Hall–Kier alpha value is -1.43. The van der Waals surface area contributed by atoms with Crippen molar-refractivity contribution in [3.8, 4) is 12.3 Å². The van der Waals surface area contributed by atoms with Crippen LogP contribution in [0.4, 0.5) is 13.2 Å². The van der Waals surface area contributed by atoms with Crippen LogP contribution in [0.3, 0.4) is 0 Å². The minimum atomic E-state index is -0.939. The fourth-order valence-electron chi connectivity index (χ4n) is 0.843. The van der Waals surface area contributed by atoms with E-state index in [9.17, 15) is 13.2 Å². The third-order valence-electron chi connectivity index (χ3n) is 1.38. The Morgan fingerprint density at radius 1 is 1.17 bits per heavy atom. The number of halogens is 3. The van der Waals surface area contributed by atoms with Crippen molar-refractivity contribution in [3.63, 3.8) is 0 Å². The van der Waals surface area contributed by atoms with Gasteiger partial charge in [-0.3, -0.25) is 0 Å². The topological polar surface area (TPSA) is 0 Å². The van der Waals surface area contributed by atoms with E-state index in [2.05, 4.69) is 5.92 Å². The van der Waals surface area contributed by atoms with Gasteiger partial charge in [0.25, 0.3) is 0 Å². The van der Waals surface area contributed by atoms with Crippen molar-refractivity contribution in [2.45, 2.75) is 6.42 Å². The van der Waals surface area contributed by atoms with Crippen molar-refractivity contribution < 1.29 is 13.2 Å². The molecule has 12 heavy (non-hydrogen) atoms. The Morgan fingerprint density at radius 2 is 1.67 bits per heavy atom. The zero-order valence-electron chi connectivity index (χ0n) is 6.07. The summed E-state index contributed by atoms with van der Waals surface area (Å²) >= 11 is 0. The first-order valence-corrected chi connectivity index (χ1v) is 3.22. The van der Waals surface area contributed by atoms with Gasteiger partial charge in [-0.15, -0.1) is 12.3 Å². The van der Waals surface area contributed by atoms with E-state index < -0.39 is 17.5 Å². The maximum atomic E-state index is 12.7. The van der Waals surface area contributed by atoms with Crippen LogP contribution in [-0.4, -0.2) is 0 Å². The van der Waals surface area contributed by atoms with E-state index in [-0.39, 0.29) is 12.0 Å². The molecule has 1 rings (SSSR count). The maximum Gasteiger partial charge on any atom is 0.133 e. The highest BCUT2D eigenvalue weighted by Crippen LogP contribution is 2.14. The lowest BCUT2D eigenvalue weighted by Crippen LogP contribution is -1.95. The molecular formula is C9H5F3. The third kappa shape index (κ3) is 1.59. The Balaban J connectivity index is 3.21. The summed E-state index contributed by atoms with van der Waals surface area (Å²) in [4.78, 5) is 0. The largest absolute Gasteiger partial charge is 0.207 e. The van der Waals surface area contributed by atoms with Crippen LogP contribution in [-0.2, 0) is 6.42 Å². The molecule has 0 aromatic heterocycles. The van der Waals surface area contributed by atoms with Crippen molar-refractivity contribution in [2.24, 2.45) is 0 Å². The first kappa shape index (κ1) is 8.66. The van der Waals surface area contributed by atoms with Crippen molar-refractivity contribution in [3.05, 3.63) is 35.1 Å².